The van der Waals surface area contributed by atoms with Crippen LogP contribution in [0.1, 0.15) is 33.1 Å². The number of rotatable bonds is 7. The molecule has 0 radical (unpaired) electrons. The highest BCUT2D eigenvalue weighted by Gasteiger charge is 2.24. The molecule has 6 nitrogen and oxygen atoms in total. The van der Waals surface area contributed by atoms with Gasteiger partial charge in [-0.1, -0.05) is 0 Å². The lowest BCUT2D eigenvalue weighted by molar-refractivity contribution is -0.136. The van der Waals surface area contributed by atoms with Crippen molar-refractivity contribution in [2.24, 2.45) is 0 Å². The Morgan fingerprint density at radius 1 is 1.47 bits per heavy atom. The third-order valence-electron chi connectivity index (χ3n) is 3.02. The van der Waals surface area contributed by atoms with E-state index in [1.807, 2.05) is 6.92 Å². The Labute approximate surface area is 114 Å². The molecule has 2 amide bonds. The highest BCUT2D eigenvalue weighted by atomic mass is 16.5. The molecule has 110 valence electrons. The van der Waals surface area contributed by atoms with E-state index in [0.717, 1.165) is 12.8 Å². The van der Waals surface area contributed by atoms with E-state index < -0.39 is 12.1 Å². The molecule has 0 aliphatic carbocycles. The van der Waals surface area contributed by atoms with E-state index in [0.29, 0.717) is 32.8 Å². The van der Waals surface area contributed by atoms with Crippen molar-refractivity contribution >= 4 is 11.8 Å². The zero-order valence-corrected chi connectivity index (χ0v) is 11.7. The zero-order valence-electron chi connectivity index (χ0n) is 11.7. The first-order valence-electron chi connectivity index (χ1n) is 6.92. The molecular formula is C13H24N2O4. The standard InChI is InChI=1S/C13H24N2O4/c1-3-18-8-9-19-10(2)12(16)15-11-6-4-5-7-14-13(11)17/h10-11H,3-9H2,1-2H3,(H,14,17)(H,15,16)/t10-,11-/m1/s1. The van der Waals surface area contributed by atoms with Crippen LogP contribution in [-0.2, 0) is 19.1 Å². The van der Waals surface area contributed by atoms with Crippen molar-refractivity contribution in [1.29, 1.82) is 0 Å². The molecule has 1 aliphatic rings. The van der Waals surface area contributed by atoms with Gasteiger partial charge in [-0.25, -0.2) is 0 Å². The van der Waals surface area contributed by atoms with Crippen LogP contribution in [0, 0.1) is 0 Å². The van der Waals surface area contributed by atoms with Crippen LogP contribution in [0.2, 0.25) is 0 Å². The predicted molar refractivity (Wildman–Crippen MR) is 70.7 cm³/mol. The number of carbonyl (C=O) groups is 2. The smallest absolute Gasteiger partial charge is 0.249 e. The summed E-state index contributed by atoms with van der Waals surface area (Å²) in [6.45, 7) is 5.74. The lowest BCUT2D eigenvalue weighted by atomic mass is 10.1. The molecular weight excluding hydrogens is 248 g/mol. The van der Waals surface area contributed by atoms with Crippen molar-refractivity contribution < 1.29 is 19.1 Å². The second-order valence-corrected chi connectivity index (χ2v) is 4.56. The Morgan fingerprint density at radius 3 is 3.00 bits per heavy atom. The molecule has 1 fully saturated rings. The van der Waals surface area contributed by atoms with Crippen molar-refractivity contribution in [2.75, 3.05) is 26.4 Å². The van der Waals surface area contributed by atoms with Crippen molar-refractivity contribution in [3.05, 3.63) is 0 Å². The van der Waals surface area contributed by atoms with Gasteiger partial charge in [-0.15, -0.1) is 0 Å². The molecule has 19 heavy (non-hydrogen) atoms. The molecule has 1 heterocycles. The SMILES string of the molecule is CCOCCO[C@H](C)C(=O)N[C@@H]1CCCCNC1=O. The first-order valence-corrected chi connectivity index (χ1v) is 6.92. The van der Waals surface area contributed by atoms with Crippen molar-refractivity contribution in [3.8, 4) is 0 Å². The molecule has 0 unspecified atom stereocenters. The van der Waals surface area contributed by atoms with E-state index in [2.05, 4.69) is 10.6 Å². The molecule has 0 aromatic carbocycles. The molecule has 0 bridgehead atoms. The van der Waals surface area contributed by atoms with E-state index in [1.165, 1.54) is 0 Å². The molecule has 6 heteroatoms. The lowest BCUT2D eigenvalue weighted by Gasteiger charge is -2.18. The number of amides is 2. The topological polar surface area (TPSA) is 76.7 Å². The lowest BCUT2D eigenvalue weighted by Crippen LogP contribution is -2.48. The van der Waals surface area contributed by atoms with Crippen LogP contribution in [0.25, 0.3) is 0 Å². The molecule has 1 aliphatic heterocycles. The fraction of sp³-hybridized carbons (Fsp3) is 0.846. The van der Waals surface area contributed by atoms with Crippen LogP contribution in [0.3, 0.4) is 0 Å². The molecule has 0 saturated carbocycles. The monoisotopic (exact) mass is 272 g/mol. The average molecular weight is 272 g/mol. The van der Waals surface area contributed by atoms with Crippen molar-refractivity contribution in [3.63, 3.8) is 0 Å². The van der Waals surface area contributed by atoms with Gasteiger partial charge >= 0.3 is 0 Å². The van der Waals surface area contributed by atoms with Gasteiger partial charge in [0, 0.05) is 13.2 Å². The fourth-order valence-corrected chi connectivity index (χ4v) is 1.87. The summed E-state index contributed by atoms with van der Waals surface area (Å²) in [4.78, 5) is 23.6. The summed E-state index contributed by atoms with van der Waals surface area (Å²) in [5, 5.41) is 5.52. The zero-order chi connectivity index (χ0) is 14.1. The van der Waals surface area contributed by atoms with Gasteiger partial charge in [-0.3, -0.25) is 9.59 Å². The van der Waals surface area contributed by atoms with Crippen molar-refractivity contribution in [1.82, 2.24) is 10.6 Å². The second kappa shape index (κ2) is 8.87. The summed E-state index contributed by atoms with van der Waals surface area (Å²) in [7, 11) is 0. The van der Waals surface area contributed by atoms with Gasteiger partial charge in [-0.2, -0.15) is 0 Å². The van der Waals surface area contributed by atoms with E-state index in [4.69, 9.17) is 9.47 Å². The Morgan fingerprint density at radius 2 is 2.26 bits per heavy atom. The third-order valence-corrected chi connectivity index (χ3v) is 3.02. The van der Waals surface area contributed by atoms with Gasteiger partial charge in [-0.05, 0) is 33.1 Å². The van der Waals surface area contributed by atoms with E-state index in [1.54, 1.807) is 6.92 Å². The molecule has 0 spiro atoms. The predicted octanol–water partition coefficient (Wildman–Crippen LogP) is 0.213. The van der Waals surface area contributed by atoms with Crippen LogP contribution >= 0.6 is 0 Å². The highest BCUT2D eigenvalue weighted by Crippen LogP contribution is 2.06. The Bertz CT molecular complexity index is 296. The average Bonchev–Trinajstić information content (AvgIpc) is 2.60. The maximum Gasteiger partial charge on any atom is 0.249 e. The number of nitrogens with one attached hydrogen (secondary N) is 2. The first-order chi connectivity index (χ1) is 9.15. The minimum atomic E-state index is -0.573. The maximum atomic E-state index is 11.9. The summed E-state index contributed by atoms with van der Waals surface area (Å²) in [6, 6.07) is -0.437. The highest BCUT2D eigenvalue weighted by molar-refractivity contribution is 5.89. The van der Waals surface area contributed by atoms with Gasteiger partial charge in [0.15, 0.2) is 0 Å². The van der Waals surface area contributed by atoms with Gasteiger partial charge in [0.2, 0.25) is 11.8 Å². The van der Waals surface area contributed by atoms with E-state index in [9.17, 15) is 9.59 Å². The quantitative estimate of drug-likeness (QED) is 0.650. The van der Waals surface area contributed by atoms with Crippen LogP contribution < -0.4 is 10.6 Å². The van der Waals surface area contributed by atoms with Crippen molar-refractivity contribution in [2.45, 2.75) is 45.3 Å². The molecule has 2 N–H and O–H groups in total. The summed E-state index contributed by atoms with van der Waals surface area (Å²) in [6.07, 6.45) is 2.00. The van der Waals surface area contributed by atoms with Gasteiger partial charge in [0.05, 0.1) is 13.2 Å². The largest absolute Gasteiger partial charge is 0.379 e. The summed E-state index contributed by atoms with van der Waals surface area (Å²) in [5.74, 6) is -0.356. The van der Waals surface area contributed by atoms with Gasteiger partial charge < -0.3 is 20.1 Å². The van der Waals surface area contributed by atoms with Crippen LogP contribution in [-0.4, -0.2) is 50.3 Å². The summed E-state index contributed by atoms with van der Waals surface area (Å²) >= 11 is 0. The molecule has 2 atom stereocenters. The second-order valence-electron chi connectivity index (χ2n) is 4.56. The number of hydrogen-bond acceptors (Lipinski definition) is 4. The fourth-order valence-electron chi connectivity index (χ4n) is 1.87. The Hall–Kier alpha value is -1.14. The van der Waals surface area contributed by atoms with Crippen LogP contribution in [0.4, 0.5) is 0 Å². The minimum Gasteiger partial charge on any atom is -0.379 e. The molecule has 0 aromatic rings. The number of ether oxygens (including phenoxy) is 2. The first kappa shape index (κ1) is 15.9. The third kappa shape index (κ3) is 6.02. The van der Waals surface area contributed by atoms with Crippen LogP contribution in [0.5, 0.6) is 0 Å². The van der Waals surface area contributed by atoms with Gasteiger partial charge in [0.25, 0.3) is 0 Å². The maximum absolute atomic E-state index is 11.9. The van der Waals surface area contributed by atoms with Crippen LogP contribution in [0.15, 0.2) is 0 Å². The molecule has 1 saturated heterocycles. The number of hydrogen-bond donors (Lipinski definition) is 2. The van der Waals surface area contributed by atoms with Gasteiger partial charge in [0.1, 0.15) is 12.1 Å². The molecule has 0 aromatic heterocycles. The minimum absolute atomic E-state index is 0.104. The van der Waals surface area contributed by atoms with E-state index >= 15 is 0 Å². The number of carbonyl (C=O) groups excluding carboxylic acids is 2. The normalized spacial score (nSPS) is 21.4. The summed E-state index contributed by atoms with van der Waals surface area (Å²) < 4.78 is 10.5. The Kier molecular flexibility index (Phi) is 7.43. The Balaban J connectivity index is 2.29. The molecule has 1 rings (SSSR count). The summed E-state index contributed by atoms with van der Waals surface area (Å²) in [5.41, 5.74) is 0. The van der Waals surface area contributed by atoms with E-state index in [-0.39, 0.29) is 11.8 Å².